The first-order valence-corrected chi connectivity index (χ1v) is 7.73. The van der Waals surface area contributed by atoms with Crippen LogP contribution in [0.4, 0.5) is 5.69 Å². The number of pyridine rings is 1. The highest BCUT2D eigenvalue weighted by Gasteiger charge is 2.13. The zero-order valence-electron chi connectivity index (χ0n) is 12.9. The molecular weight excluding hydrogens is 360 g/mol. The van der Waals surface area contributed by atoms with E-state index in [-0.39, 0.29) is 5.91 Å². The molecule has 0 aliphatic heterocycles. The molecule has 0 saturated carbocycles. The normalized spacial score (nSPS) is 10.8. The van der Waals surface area contributed by atoms with Crippen LogP contribution in [0.1, 0.15) is 16.1 Å². The molecular formula is C16H15BrN4O2. The number of ether oxygens (including phenoxy) is 1. The van der Waals surface area contributed by atoms with Crippen LogP contribution in [-0.4, -0.2) is 27.8 Å². The van der Waals surface area contributed by atoms with Crippen LogP contribution in [0.15, 0.2) is 34.9 Å². The van der Waals surface area contributed by atoms with E-state index in [9.17, 15) is 4.79 Å². The first-order chi connectivity index (χ1) is 11.0. The number of methoxy groups -OCH3 is 1. The monoisotopic (exact) mass is 374 g/mol. The summed E-state index contributed by atoms with van der Waals surface area (Å²) in [7, 11) is 3.40. The van der Waals surface area contributed by atoms with Gasteiger partial charge in [-0.1, -0.05) is 0 Å². The van der Waals surface area contributed by atoms with Gasteiger partial charge in [-0.15, -0.1) is 0 Å². The van der Waals surface area contributed by atoms with Crippen molar-refractivity contribution in [1.29, 1.82) is 0 Å². The Kier molecular flexibility index (Phi) is 4.04. The van der Waals surface area contributed by atoms with Gasteiger partial charge >= 0.3 is 0 Å². The molecule has 0 aliphatic rings. The van der Waals surface area contributed by atoms with E-state index in [4.69, 9.17) is 4.74 Å². The SMILES string of the molecule is COc1ccc(Br)c(C(=O)Nc2cnc3c(c2)c(C)nn3C)c1. The van der Waals surface area contributed by atoms with Crippen LogP contribution in [0, 0.1) is 6.92 Å². The predicted octanol–water partition coefficient (Wildman–Crippen LogP) is 3.30. The molecule has 0 unspecified atom stereocenters. The average molecular weight is 375 g/mol. The number of carbonyl (C=O) groups excluding carboxylic acids is 1. The Balaban J connectivity index is 1.92. The molecule has 1 N–H and O–H groups in total. The fourth-order valence-corrected chi connectivity index (χ4v) is 2.81. The van der Waals surface area contributed by atoms with Crippen molar-refractivity contribution in [3.63, 3.8) is 0 Å². The molecule has 6 nitrogen and oxygen atoms in total. The second kappa shape index (κ2) is 6.00. The summed E-state index contributed by atoms with van der Waals surface area (Å²) in [4.78, 5) is 16.8. The molecule has 118 valence electrons. The fourth-order valence-electron chi connectivity index (χ4n) is 2.38. The first-order valence-electron chi connectivity index (χ1n) is 6.94. The lowest BCUT2D eigenvalue weighted by Crippen LogP contribution is -2.13. The zero-order chi connectivity index (χ0) is 16.6. The van der Waals surface area contributed by atoms with Gasteiger partial charge in [0.25, 0.3) is 5.91 Å². The predicted molar refractivity (Wildman–Crippen MR) is 91.9 cm³/mol. The van der Waals surface area contributed by atoms with Crippen molar-refractivity contribution in [3.8, 4) is 5.75 Å². The minimum atomic E-state index is -0.238. The molecule has 2 aromatic heterocycles. The minimum absolute atomic E-state index is 0.238. The van der Waals surface area contributed by atoms with Crippen molar-refractivity contribution in [2.24, 2.45) is 7.05 Å². The second-order valence-electron chi connectivity index (χ2n) is 5.10. The molecule has 1 amide bonds. The third-order valence-electron chi connectivity index (χ3n) is 3.54. The molecule has 0 fully saturated rings. The number of rotatable bonds is 3. The van der Waals surface area contributed by atoms with Crippen molar-refractivity contribution < 1.29 is 9.53 Å². The Morgan fingerprint density at radius 1 is 1.35 bits per heavy atom. The number of fused-ring (bicyclic) bond motifs is 1. The van der Waals surface area contributed by atoms with Crippen LogP contribution in [0.2, 0.25) is 0 Å². The highest BCUT2D eigenvalue weighted by molar-refractivity contribution is 9.10. The Morgan fingerprint density at radius 2 is 2.13 bits per heavy atom. The molecule has 0 aliphatic carbocycles. The molecule has 2 heterocycles. The lowest BCUT2D eigenvalue weighted by atomic mass is 10.2. The van der Waals surface area contributed by atoms with Crippen molar-refractivity contribution >= 4 is 38.6 Å². The molecule has 0 spiro atoms. The molecule has 7 heteroatoms. The van der Waals surface area contributed by atoms with Crippen molar-refractivity contribution in [1.82, 2.24) is 14.8 Å². The van der Waals surface area contributed by atoms with Gasteiger partial charge in [0, 0.05) is 16.9 Å². The quantitative estimate of drug-likeness (QED) is 0.763. The summed E-state index contributed by atoms with van der Waals surface area (Å²) >= 11 is 3.38. The number of aromatic nitrogens is 3. The van der Waals surface area contributed by atoms with E-state index in [1.165, 1.54) is 0 Å². The van der Waals surface area contributed by atoms with E-state index in [0.717, 1.165) is 16.7 Å². The topological polar surface area (TPSA) is 69.0 Å². The van der Waals surface area contributed by atoms with Crippen LogP contribution >= 0.6 is 15.9 Å². The van der Waals surface area contributed by atoms with Crippen LogP contribution in [0.25, 0.3) is 11.0 Å². The summed E-state index contributed by atoms with van der Waals surface area (Å²) in [5.41, 5.74) is 2.76. The molecule has 3 rings (SSSR count). The minimum Gasteiger partial charge on any atom is -0.497 e. The number of aryl methyl sites for hydroxylation is 2. The molecule has 0 atom stereocenters. The van der Waals surface area contributed by atoms with Gasteiger partial charge in [0.05, 0.1) is 30.3 Å². The van der Waals surface area contributed by atoms with Gasteiger partial charge < -0.3 is 10.1 Å². The van der Waals surface area contributed by atoms with Crippen LogP contribution in [0.3, 0.4) is 0 Å². The maximum absolute atomic E-state index is 12.5. The molecule has 0 saturated heterocycles. The van der Waals surface area contributed by atoms with Gasteiger partial charge in [0.15, 0.2) is 5.65 Å². The lowest BCUT2D eigenvalue weighted by molar-refractivity contribution is 0.102. The number of carbonyl (C=O) groups is 1. The van der Waals surface area contributed by atoms with Crippen LogP contribution in [0.5, 0.6) is 5.75 Å². The summed E-state index contributed by atoms with van der Waals surface area (Å²) in [6.07, 6.45) is 1.62. The molecule has 0 bridgehead atoms. The summed E-state index contributed by atoms with van der Waals surface area (Å²) in [6.45, 7) is 1.91. The van der Waals surface area contributed by atoms with Crippen molar-refractivity contribution in [3.05, 3.63) is 46.2 Å². The van der Waals surface area contributed by atoms with E-state index in [2.05, 4.69) is 31.3 Å². The summed E-state index contributed by atoms with van der Waals surface area (Å²) < 4.78 is 7.58. The van der Waals surface area contributed by atoms with Gasteiger partial charge in [-0.05, 0) is 47.1 Å². The average Bonchev–Trinajstić information content (AvgIpc) is 2.82. The smallest absolute Gasteiger partial charge is 0.256 e. The summed E-state index contributed by atoms with van der Waals surface area (Å²) in [6, 6.07) is 7.12. The summed E-state index contributed by atoms with van der Waals surface area (Å²) in [5, 5.41) is 8.09. The first kappa shape index (κ1) is 15.5. The zero-order valence-corrected chi connectivity index (χ0v) is 14.5. The highest BCUT2D eigenvalue weighted by Crippen LogP contribution is 2.24. The van der Waals surface area contributed by atoms with E-state index in [1.807, 2.05) is 20.0 Å². The third kappa shape index (κ3) is 2.92. The van der Waals surface area contributed by atoms with E-state index in [1.54, 1.807) is 36.2 Å². The number of hydrogen-bond donors (Lipinski definition) is 1. The molecule has 23 heavy (non-hydrogen) atoms. The number of amides is 1. The van der Waals surface area contributed by atoms with E-state index < -0.39 is 0 Å². The standard InChI is InChI=1S/C16H15BrN4O2/c1-9-12-6-10(8-18-15(12)21(2)20-9)19-16(22)13-7-11(23-3)4-5-14(13)17/h4-8H,1-3H3,(H,19,22). The highest BCUT2D eigenvalue weighted by atomic mass is 79.9. The molecule has 1 aromatic carbocycles. The van der Waals surface area contributed by atoms with Gasteiger partial charge in [0.1, 0.15) is 5.75 Å². The maximum Gasteiger partial charge on any atom is 0.256 e. The Hall–Kier alpha value is -2.41. The summed E-state index contributed by atoms with van der Waals surface area (Å²) in [5.74, 6) is 0.383. The Morgan fingerprint density at radius 3 is 2.87 bits per heavy atom. The lowest BCUT2D eigenvalue weighted by Gasteiger charge is -2.08. The number of anilines is 1. The van der Waals surface area contributed by atoms with E-state index >= 15 is 0 Å². The van der Waals surface area contributed by atoms with Gasteiger partial charge in [-0.2, -0.15) is 5.10 Å². The second-order valence-corrected chi connectivity index (χ2v) is 5.96. The molecule has 0 radical (unpaired) electrons. The van der Waals surface area contributed by atoms with Crippen LogP contribution < -0.4 is 10.1 Å². The number of nitrogens with one attached hydrogen (secondary N) is 1. The number of hydrogen-bond acceptors (Lipinski definition) is 4. The Bertz CT molecular complexity index is 904. The molecule has 3 aromatic rings. The largest absolute Gasteiger partial charge is 0.497 e. The number of nitrogens with zero attached hydrogens (tertiary/aromatic N) is 3. The maximum atomic E-state index is 12.5. The number of benzene rings is 1. The van der Waals surface area contributed by atoms with Gasteiger partial charge in [0.2, 0.25) is 0 Å². The van der Waals surface area contributed by atoms with Crippen molar-refractivity contribution in [2.75, 3.05) is 12.4 Å². The van der Waals surface area contributed by atoms with E-state index in [0.29, 0.717) is 21.5 Å². The number of halogens is 1. The fraction of sp³-hybridized carbons (Fsp3) is 0.188. The van der Waals surface area contributed by atoms with Crippen molar-refractivity contribution in [2.45, 2.75) is 6.92 Å². The Labute approximate surface area is 141 Å². The van der Waals surface area contributed by atoms with Gasteiger partial charge in [-0.25, -0.2) is 4.98 Å². The van der Waals surface area contributed by atoms with Crippen LogP contribution in [-0.2, 0) is 7.05 Å². The van der Waals surface area contributed by atoms with Gasteiger partial charge in [-0.3, -0.25) is 9.48 Å². The third-order valence-corrected chi connectivity index (χ3v) is 4.23.